The number of guanidine groups is 1. The number of carbonyl (C=O) groups excluding carboxylic acids is 1. The van der Waals surface area contributed by atoms with Gasteiger partial charge in [0, 0.05) is 38.9 Å². The van der Waals surface area contributed by atoms with Gasteiger partial charge in [-0.05, 0) is 54.7 Å². The molecule has 8 nitrogen and oxygen atoms in total. The van der Waals surface area contributed by atoms with Gasteiger partial charge >= 0.3 is 6.03 Å². The van der Waals surface area contributed by atoms with Gasteiger partial charge in [0.2, 0.25) is 6.79 Å². The van der Waals surface area contributed by atoms with Gasteiger partial charge in [0.15, 0.2) is 17.5 Å². The predicted molar refractivity (Wildman–Crippen MR) is 136 cm³/mol. The van der Waals surface area contributed by atoms with Crippen LogP contribution in [0.3, 0.4) is 0 Å². The highest BCUT2D eigenvalue weighted by Gasteiger charge is 2.17. The number of halogens is 1. The van der Waals surface area contributed by atoms with E-state index in [-0.39, 0.29) is 36.8 Å². The molecule has 1 saturated heterocycles. The molecule has 0 unspecified atom stereocenters. The number of fused-ring (bicyclic) bond motifs is 1. The zero-order valence-corrected chi connectivity index (χ0v) is 20.6. The highest BCUT2D eigenvalue weighted by molar-refractivity contribution is 14.0. The molecular formula is C23H30IN5O3. The Morgan fingerprint density at radius 1 is 1.03 bits per heavy atom. The van der Waals surface area contributed by atoms with Gasteiger partial charge in [0.05, 0.1) is 0 Å². The Morgan fingerprint density at radius 2 is 1.84 bits per heavy atom. The van der Waals surface area contributed by atoms with Crippen LogP contribution in [0.4, 0.5) is 10.5 Å². The Bertz CT molecular complexity index is 947. The molecule has 2 heterocycles. The third-order valence-corrected chi connectivity index (χ3v) is 5.40. The SMILES string of the molecule is CN=C(NCCc1ccc2c(c1)OCO2)NCc1cccc(NC(=O)N2CCCC2)c1.I. The topological polar surface area (TPSA) is 87.2 Å². The summed E-state index contributed by atoms with van der Waals surface area (Å²) in [6.45, 7) is 3.31. The molecule has 172 valence electrons. The van der Waals surface area contributed by atoms with Gasteiger partial charge in [-0.3, -0.25) is 4.99 Å². The molecule has 0 saturated carbocycles. The summed E-state index contributed by atoms with van der Waals surface area (Å²) in [7, 11) is 1.75. The standard InChI is InChI=1S/C23H29N5O3.HI/c1-24-22(25-10-9-17-7-8-20-21(14-17)31-16-30-20)26-15-18-5-4-6-19(13-18)27-23(29)28-11-2-3-12-28;/h4-8,13-14H,2-3,9-12,15-16H2,1H3,(H,27,29)(H2,24,25,26);1H. The Hall–Kier alpha value is -2.69. The molecule has 3 N–H and O–H groups in total. The summed E-state index contributed by atoms with van der Waals surface area (Å²) >= 11 is 0. The van der Waals surface area contributed by atoms with E-state index >= 15 is 0 Å². The minimum Gasteiger partial charge on any atom is -0.454 e. The van der Waals surface area contributed by atoms with Crippen LogP contribution in [0.2, 0.25) is 0 Å². The number of hydrogen-bond acceptors (Lipinski definition) is 4. The van der Waals surface area contributed by atoms with Crippen LogP contribution >= 0.6 is 24.0 Å². The van der Waals surface area contributed by atoms with Crippen molar-refractivity contribution in [3.8, 4) is 11.5 Å². The average molecular weight is 551 g/mol. The summed E-state index contributed by atoms with van der Waals surface area (Å²) < 4.78 is 10.8. The minimum absolute atomic E-state index is 0. The monoisotopic (exact) mass is 551 g/mol. The van der Waals surface area contributed by atoms with Gasteiger partial charge in [0.1, 0.15) is 0 Å². The maximum atomic E-state index is 12.3. The number of likely N-dealkylation sites (tertiary alicyclic amines) is 1. The third-order valence-electron chi connectivity index (χ3n) is 5.40. The fraction of sp³-hybridized carbons (Fsp3) is 0.391. The van der Waals surface area contributed by atoms with Gasteiger partial charge < -0.3 is 30.3 Å². The van der Waals surface area contributed by atoms with Crippen molar-refractivity contribution in [1.29, 1.82) is 0 Å². The molecule has 2 aromatic carbocycles. The second-order valence-electron chi connectivity index (χ2n) is 7.61. The minimum atomic E-state index is -0.0244. The highest BCUT2D eigenvalue weighted by Crippen LogP contribution is 2.32. The van der Waals surface area contributed by atoms with Crippen molar-refractivity contribution in [1.82, 2.24) is 15.5 Å². The van der Waals surface area contributed by atoms with E-state index in [1.807, 2.05) is 47.4 Å². The molecule has 32 heavy (non-hydrogen) atoms. The number of ether oxygens (including phenoxy) is 2. The van der Waals surface area contributed by atoms with Crippen LogP contribution in [-0.4, -0.2) is 50.4 Å². The molecule has 0 radical (unpaired) electrons. The number of nitrogens with one attached hydrogen (secondary N) is 3. The zero-order valence-electron chi connectivity index (χ0n) is 18.2. The van der Waals surface area contributed by atoms with Crippen molar-refractivity contribution >= 4 is 41.7 Å². The van der Waals surface area contributed by atoms with Gasteiger partial charge in [-0.25, -0.2) is 4.79 Å². The van der Waals surface area contributed by atoms with E-state index in [9.17, 15) is 4.79 Å². The third kappa shape index (κ3) is 6.41. The number of rotatable bonds is 6. The first kappa shape index (κ1) is 24.0. The quantitative estimate of drug-likeness (QED) is 0.291. The molecule has 0 aromatic heterocycles. The predicted octanol–water partition coefficient (Wildman–Crippen LogP) is 3.57. The fourth-order valence-electron chi connectivity index (χ4n) is 3.71. The largest absolute Gasteiger partial charge is 0.454 e. The summed E-state index contributed by atoms with van der Waals surface area (Å²) in [5.41, 5.74) is 3.05. The maximum Gasteiger partial charge on any atom is 0.321 e. The van der Waals surface area contributed by atoms with E-state index in [1.54, 1.807) is 7.05 Å². The Labute approximate surface area is 205 Å². The summed E-state index contributed by atoms with van der Waals surface area (Å²) in [4.78, 5) is 18.4. The fourth-order valence-corrected chi connectivity index (χ4v) is 3.71. The lowest BCUT2D eigenvalue weighted by Crippen LogP contribution is -2.37. The number of urea groups is 1. The molecule has 1 fully saturated rings. The van der Waals surface area contributed by atoms with Crippen LogP contribution in [0.15, 0.2) is 47.5 Å². The smallest absolute Gasteiger partial charge is 0.321 e. The lowest BCUT2D eigenvalue weighted by molar-refractivity contribution is 0.174. The Morgan fingerprint density at radius 3 is 2.66 bits per heavy atom. The van der Waals surface area contributed by atoms with Gasteiger partial charge in [-0.1, -0.05) is 18.2 Å². The molecule has 2 aliphatic rings. The molecular weight excluding hydrogens is 521 g/mol. The number of anilines is 1. The Balaban J connectivity index is 0.00000289. The second kappa shape index (κ2) is 11.8. The first-order valence-corrected chi connectivity index (χ1v) is 10.7. The first-order valence-electron chi connectivity index (χ1n) is 10.7. The van der Waals surface area contributed by atoms with Crippen molar-refractivity contribution in [2.24, 2.45) is 4.99 Å². The average Bonchev–Trinajstić information content (AvgIpc) is 3.48. The van der Waals surface area contributed by atoms with E-state index in [2.05, 4.69) is 20.9 Å². The molecule has 0 aliphatic carbocycles. The van der Waals surface area contributed by atoms with Crippen LogP contribution in [-0.2, 0) is 13.0 Å². The van der Waals surface area contributed by atoms with E-state index in [0.717, 1.165) is 67.6 Å². The van der Waals surface area contributed by atoms with Crippen LogP contribution in [0.5, 0.6) is 11.5 Å². The van der Waals surface area contributed by atoms with Crippen molar-refractivity contribution < 1.29 is 14.3 Å². The van der Waals surface area contributed by atoms with Gasteiger partial charge in [-0.15, -0.1) is 24.0 Å². The summed E-state index contributed by atoms with van der Waals surface area (Å²) in [5.74, 6) is 2.33. The number of carbonyl (C=O) groups is 1. The van der Waals surface area contributed by atoms with E-state index in [4.69, 9.17) is 9.47 Å². The molecule has 2 amide bonds. The zero-order chi connectivity index (χ0) is 21.5. The van der Waals surface area contributed by atoms with Crippen LogP contribution in [0.1, 0.15) is 24.0 Å². The molecule has 0 bridgehead atoms. The second-order valence-corrected chi connectivity index (χ2v) is 7.61. The molecule has 0 atom stereocenters. The van der Waals surface area contributed by atoms with Gasteiger partial charge in [-0.2, -0.15) is 0 Å². The lowest BCUT2D eigenvalue weighted by Gasteiger charge is -2.17. The highest BCUT2D eigenvalue weighted by atomic mass is 127. The van der Waals surface area contributed by atoms with Crippen LogP contribution in [0, 0.1) is 0 Å². The maximum absolute atomic E-state index is 12.3. The summed E-state index contributed by atoms with van der Waals surface area (Å²) in [6, 6.07) is 13.9. The number of nitrogens with zero attached hydrogens (tertiary/aromatic N) is 2. The number of amides is 2. The summed E-state index contributed by atoms with van der Waals surface area (Å²) in [5, 5.41) is 9.64. The van der Waals surface area contributed by atoms with Crippen LogP contribution in [0.25, 0.3) is 0 Å². The molecule has 2 aliphatic heterocycles. The normalized spacial score (nSPS) is 14.7. The number of hydrogen-bond donors (Lipinski definition) is 3. The first-order chi connectivity index (χ1) is 15.2. The van der Waals surface area contributed by atoms with Crippen LogP contribution < -0.4 is 25.4 Å². The van der Waals surface area contributed by atoms with Crippen molar-refractivity contribution in [3.05, 3.63) is 53.6 Å². The molecule has 2 aromatic rings. The molecule has 0 spiro atoms. The van der Waals surface area contributed by atoms with Crippen molar-refractivity contribution in [2.75, 3.05) is 38.8 Å². The van der Waals surface area contributed by atoms with E-state index < -0.39 is 0 Å². The van der Waals surface area contributed by atoms with Crippen molar-refractivity contribution in [3.63, 3.8) is 0 Å². The number of aliphatic imine (C=N–C) groups is 1. The molecule has 4 rings (SSSR count). The molecule has 9 heteroatoms. The summed E-state index contributed by atoms with van der Waals surface area (Å²) in [6.07, 6.45) is 3.01. The van der Waals surface area contributed by atoms with E-state index in [1.165, 1.54) is 5.56 Å². The van der Waals surface area contributed by atoms with Gasteiger partial charge in [0.25, 0.3) is 0 Å². The van der Waals surface area contributed by atoms with E-state index in [0.29, 0.717) is 6.54 Å². The van der Waals surface area contributed by atoms with Crippen molar-refractivity contribution in [2.45, 2.75) is 25.8 Å². The number of benzene rings is 2. The lowest BCUT2D eigenvalue weighted by atomic mass is 10.1. The Kier molecular flexibility index (Phi) is 8.83.